The standard InChI is InChI=1S/C8H14N4O2S/c1-3-11(13)6-5-7(12(14)4-2)10-8(15)9-6/h5,13-14H,3-4H2,1-2H3,(H,9,10,15). The van der Waals surface area contributed by atoms with Crippen LogP contribution in [-0.4, -0.2) is 33.5 Å². The fourth-order valence-electron chi connectivity index (χ4n) is 1.04. The Labute approximate surface area is 92.7 Å². The highest BCUT2D eigenvalue weighted by molar-refractivity contribution is 7.71. The number of H-pyrrole nitrogens is 1. The molecule has 0 aliphatic rings. The first kappa shape index (κ1) is 11.9. The normalized spacial score (nSPS) is 10.1. The van der Waals surface area contributed by atoms with Gasteiger partial charge in [0.15, 0.2) is 10.6 Å². The summed E-state index contributed by atoms with van der Waals surface area (Å²) < 4.78 is 0.211. The van der Waals surface area contributed by atoms with Crippen molar-refractivity contribution in [3.63, 3.8) is 0 Å². The zero-order chi connectivity index (χ0) is 11.4. The molecule has 0 radical (unpaired) electrons. The van der Waals surface area contributed by atoms with Crippen molar-refractivity contribution in [1.29, 1.82) is 0 Å². The molecule has 0 unspecified atom stereocenters. The fourth-order valence-corrected chi connectivity index (χ4v) is 1.23. The van der Waals surface area contributed by atoms with Crippen LogP contribution in [0.3, 0.4) is 0 Å². The average Bonchev–Trinajstić information content (AvgIpc) is 2.26. The summed E-state index contributed by atoms with van der Waals surface area (Å²) in [6.45, 7) is 4.36. The van der Waals surface area contributed by atoms with Crippen molar-refractivity contribution in [2.75, 3.05) is 23.2 Å². The Morgan fingerprint density at radius 3 is 2.47 bits per heavy atom. The van der Waals surface area contributed by atoms with Crippen molar-refractivity contribution in [3.8, 4) is 0 Å². The van der Waals surface area contributed by atoms with E-state index < -0.39 is 0 Å². The lowest BCUT2D eigenvalue weighted by Crippen LogP contribution is -2.22. The van der Waals surface area contributed by atoms with Crippen LogP contribution in [0.15, 0.2) is 6.07 Å². The van der Waals surface area contributed by atoms with Crippen molar-refractivity contribution in [1.82, 2.24) is 9.97 Å². The minimum Gasteiger partial charge on any atom is -0.315 e. The Kier molecular flexibility index (Phi) is 4.01. The van der Waals surface area contributed by atoms with Gasteiger partial charge in [0, 0.05) is 19.2 Å². The van der Waals surface area contributed by atoms with Crippen LogP contribution in [-0.2, 0) is 0 Å². The van der Waals surface area contributed by atoms with Gasteiger partial charge in [-0.15, -0.1) is 0 Å². The van der Waals surface area contributed by atoms with E-state index in [4.69, 9.17) is 12.2 Å². The van der Waals surface area contributed by atoms with Crippen LogP contribution < -0.4 is 10.1 Å². The van der Waals surface area contributed by atoms with Crippen molar-refractivity contribution >= 4 is 23.9 Å². The Morgan fingerprint density at radius 2 is 1.93 bits per heavy atom. The lowest BCUT2D eigenvalue weighted by atomic mass is 10.5. The van der Waals surface area contributed by atoms with Crippen LogP contribution in [0, 0.1) is 4.77 Å². The number of aromatic nitrogens is 2. The monoisotopic (exact) mass is 230 g/mol. The summed E-state index contributed by atoms with van der Waals surface area (Å²) in [5.74, 6) is 0.712. The molecule has 0 aliphatic carbocycles. The molecule has 7 heteroatoms. The maximum absolute atomic E-state index is 9.46. The minimum absolute atomic E-state index is 0.211. The van der Waals surface area contributed by atoms with Gasteiger partial charge in [0.25, 0.3) is 0 Å². The van der Waals surface area contributed by atoms with Crippen LogP contribution in [0.5, 0.6) is 0 Å². The summed E-state index contributed by atoms with van der Waals surface area (Å²) in [6.07, 6.45) is 0. The molecule has 1 rings (SSSR count). The van der Waals surface area contributed by atoms with Gasteiger partial charge in [0.2, 0.25) is 0 Å². The average molecular weight is 230 g/mol. The molecule has 0 aromatic carbocycles. The summed E-state index contributed by atoms with van der Waals surface area (Å²) in [6, 6.07) is 1.52. The Bertz CT molecular complexity index is 350. The molecule has 0 bridgehead atoms. The Hall–Kier alpha value is -1.18. The number of hydrogen-bond acceptors (Lipinski definition) is 6. The van der Waals surface area contributed by atoms with Crippen molar-refractivity contribution in [3.05, 3.63) is 10.8 Å². The maximum Gasteiger partial charge on any atom is 0.200 e. The second-order valence-electron chi connectivity index (χ2n) is 2.86. The van der Waals surface area contributed by atoms with E-state index in [1.807, 2.05) is 0 Å². The maximum atomic E-state index is 9.46. The molecule has 0 spiro atoms. The lowest BCUT2D eigenvalue weighted by molar-refractivity contribution is 0.251. The van der Waals surface area contributed by atoms with Gasteiger partial charge in [0.05, 0.1) is 0 Å². The van der Waals surface area contributed by atoms with Gasteiger partial charge in [-0.1, -0.05) is 0 Å². The topological polar surface area (TPSA) is 75.6 Å². The van der Waals surface area contributed by atoms with Gasteiger partial charge in [-0.25, -0.2) is 15.1 Å². The van der Waals surface area contributed by atoms with Gasteiger partial charge >= 0.3 is 0 Å². The zero-order valence-electron chi connectivity index (χ0n) is 8.64. The molecule has 15 heavy (non-hydrogen) atoms. The van der Waals surface area contributed by atoms with Crippen LogP contribution in [0.2, 0.25) is 0 Å². The number of hydroxylamine groups is 2. The Morgan fingerprint density at radius 1 is 1.33 bits per heavy atom. The van der Waals surface area contributed by atoms with E-state index in [0.29, 0.717) is 24.7 Å². The number of hydrogen-bond donors (Lipinski definition) is 3. The summed E-state index contributed by atoms with van der Waals surface area (Å²) in [5.41, 5.74) is 0. The predicted molar refractivity (Wildman–Crippen MR) is 59.0 cm³/mol. The SMILES string of the molecule is CCN(O)c1cc(N(O)CC)[nH]c(=S)n1. The van der Waals surface area contributed by atoms with Crippen LogP contribution in [0.1, 0.15) is 13.8 Å². The molecule has 0 saturated carbocycles. The molecule has 0 atom stereocenters. The molecule has 3 N–H and O–H groups in total. The van der Waals surface area contributed by atoms with Crippen molar-refractivity contribution in [2.24, 2.45) is 0 Å². The number of nitrogens with one attached hydrogen (secondary N) is 1. The third kappa shape index (κ3) is 2.88. The van der Waals surface area contributed by atoms with E-state index in [9.17, 15) is 10.4 Å². The highest BCUT2D eigenvalue weighted by Crippen LogP contribution is 2.15. The van der Waals surface area contributed by atoms with E-state index in [2.05, 4.69) is 9.97 Å². The van der Waals surface area contributed by atoms with Crippen molar-refractivity contribution < 1.29 is 10.4 Å². The quantitative estimate of drug-likeness (QED) is 0.538. The first-order valence-electron chi connectivity index (χ1n) is 4.62. The first-order chi connectivity index (χ1) is 7.08. The molecule has 0 aliphatic heterocycles. The molecule has 0 fully saturated rings. The largest absolute Gasteiger partial charge is 0.315 e. The molecule has 84 valence electrons. The van der Waals surface area contributed by atoms with Crippen molar-refractivity contribution in [2.45, 2.75) is 13.8 Å². The first-order valence-corrected chi connectivity index (χ1v) is 5.03. The van der Waals surface area contributed by atoms with Crippen LogP contribution in [0.25, 0.3) is 0 Å². The highest BCUT2D eigenvalue weighted by atomic mass is 32.1. The van der Waals surface area contributed by atoms with E-state index in [1.165, 1.54) is 6.07 Å². The minimum atomic E-state index is 0.211. The summed E-state index contributed by atoms with van der Waals surface area (Å²) >= 11 is 4.88. The van der Waals surface area contributed by atoms with Gasteiger partial charge in [-0.2, -0.15) is 0 Å². The van der Waals surface area contributed by atoms with Gasteiger partial charge in [-0.05, 0) is 26.1 Å². The van der Waals surface area contributed by atoms with Gasteiger partial charge in [-0.3, -0.25) is 10.4 Å². The number of anilines is 2. The summed E-state index contributed by atoms with van der Waals surface area (Å²) in [4.78, 5) is 6.64. The molecule has 0 saturated heterocycles. The van der Waals surface area contributed by atoms with E-state index in [-0.39, 0.29) is 4.77 Å². The van der Waals surface area contributed by atoms with E-state index in [1.54, 1.807) is 13.8 Å². The second-order valence-corrected chi connectivity index (χ2v) is 3.25. The second kappa shape index (κ2) is 5.06. The van der Waals surface area contributed by atoms with Gasteiger partial charge in [0.1, 0.15) is 5.82 Å². The molecule has 1 aromatic rings. The smallest absolute Gasteiger partial charge is 0.200 e. The predicted octanol–water partition coefficient (Wildman–Crippen LogP) is 1.57. The van der Waals surface area contributed by atoms with Crippen LogP contribution in [0.4, 0.5) is 11.6 Å². The fraction of sp³-hybridized carbons (Fsp3) is 0.500. The third-order valence-corrected chi connectivity index (χ3v) is 2.05. The summed E-state index contributed by atoms with van der Waals surface area (Å²) in [5, 5.41) is 20.8. The summed E-state index contributed by atoms with van der Waals surface area (Å²) in [7, 11) is 0. The molecule has 0 amide bonds. The Balaban J connectivity index is 3.10. The van der Waals surface area contributed by atoms with Crippen LogP contribution >= 0.6 is 12.2 Å². The molecular formula is C8H14N4O2S. The van der Waals surface area contributed by atoms with E-state index in [0.717, 1.165) is 10.1 Å². The number of rotatable bonds is 4. The molecule has 1 heterocycles. The van der Waals surface area contributed by atoms with Gasteiger partial charge < -0.3 is 4.98 Å². The highest BCUT2D eigenvalue weighted by Gasteiger charge is 2.07. The molecule has 1 aromatic heterocycles. The molecule has 6 nitrogen and oxygen atoms in total. The number of nitrogens with zero attached hydrogens (tertiary/aromatic N) is 3. The molecular weight excluding hydrogens is 216 g/mol. The van der Waals surface area contributed by atoms with E-state index >= 15 is 0 Å². The third-order valence-electron chi connectivity index (χ3n) is 1.86. The number of aromatic amines is 1. The zero-order valence-corrected chi connectivity index (χ0v) is 9.45. The lowest BCUT2D eigenvalue weighted by Gasteiger charge is -2.17.